The highest BCUT2D eigenvalue weighted by atomic mass is 16.5. The Balaban J connectivity index is 1.86. The summed E-state index contributed by atoms with van der Waals surface area (Å²) in [5.41, 5.74) is 1.73. The van der Waals surface area contributed by atoms with Gasteiger partial charge in [-0.2, -0.15) is 0 Å². The third-order valence-electron chi connectivity index (χ3n) is 4.43. The quantitative estimate of drug-likeness (QED) is 0.865. The van der Waals surface area contributed by atoms with Crippen molar-refractivity contribution < 1.29 is 13.9 Å². The van der Waals surface area contributed by atoms with Crippen LogP contribution in [0.15, 0.2) is 34.7 Å². The van der Waals surface area contributed by atoms with Crippen molar-refractivity contribution in [1.29, 1.82) is 0 Å². The molecule has 0 saturated carbocycles. The standard InChI is InChI=1S/C19H24N2O3/c1-12(2)16-10-21(19(22)18-13(3)20-14(4)23-18)11-17(24-16)15-8-6-5-7-9-15/h5-9,12,16-17H,10-11H2,1-4H3/t16-,17+/m1/s1. The molecule has 1 fully saturated rings. The average molecular weight is 328 g/mol. The number of aryl methyl sites for hydroxylation is 2. The second-order valence-electron chi connectivity index (χ2n) is 6.68. The third-order valence-corrected chi connectivity index (χ3v) is 4.43. The molecule has 0 aliphatic carbocycles. The van der Waals surface area contributed by atoms with E-state index in [1.54, 1.807) is 13.8 Å². The highest BCUT2D eigenvalue weighted by Crippen LogP contribution is 2.29. The molecule has 1 amide bonds. The van der Waals surface area contributed by atoms with Crippen LogP contribution in [0.5, 0.6) is 0 Å². The van der Waals surface area contributed by atoms with Crippen LogP contribution in [0.2, 0.25) is 0 Å². The van der Waals surface area contributed by atoms with Crippen molar-refractivity contribution in [3.05, 3.63) is 53.2 Å². The smallest absolute Gasteiger partial charge is 0.291 e. The Morgan fingerprint density at radius 2 is 1.92 bits per heavy atom. The fraction of sp³-hybridized carbons (Fsp3) is 0.474. The Bertz CT molecular complexity index is 709. The number of amides is 1. The van der Waals surface area contributed by atoms with E-state index >= 15 is 0 Å². The van der Waals surface area contributed by atoms with Crippen LogP contribution in [-0.2, 0) is 4.74 Å². The van der Waals surface area contributed by atoms with Crippen LogP contribution in [0.25, 0.3) is 0 Å². The van der Waals surface area contributed by atoms with Crippen molar-refractivity contribution in [1.82, 2.24) is 9.88 Å². The molecule has 0 N–H and O–H groups in total. The Kier molecular flexibility index (Phi) is 4.71. The molecule has 0 radical (unpaired) electrons. The molecule has 2 heterocycles. The predicted octanol–water partition coefficient (Wildman–Crippen LogP) is 3.53. The van der Waals surface area contributed by atoms with Crippen molar-refractivity contribution in [3.63, 3.8) is 0 Å². The van der Waals surface area contributed by atoms with Gasteiger partial charge in [0.15, 0.2) is 5.89 Å². The van der Waals surface area contributed by atoms with Gasteiger partial charge in [-0.25, -0.2) is 4.98 Å². The molecule has 128 valence electrons. The van der Waals surface area contributed by atoms with Gasteiger partial charge in [-0.15, -0.1) is 0 Å². The van der Waals surface area contributed by atoms with E-state index in [-0.39, 0.29) is 18.1 Å². The van der Waals surface area contributed by atoms with E-state index in [0.29, 0.717) is 36.4 Å². The zero-order valence-corrected chi connectivity index (χ0v) is 14.7. The van der Waals surface area contributed by atoms with Crippen molar-refractivity contribution in [2.45, 2.75) is 39.9 Å². The molecule has 24 heavy (non-hydrogen) atoms. The number of ether oxygens (including phenoxy) is 1. The first kappa shape index (κ1) is 16.7. The summed E-state index contributed by atoms with van der Waals surface area (Å²) >= 11 is 0. The maximum Gasteiger partial charge on any atom is 0.291 e. The maximum absolute atomic E-state index is 12.9. The van der Waals surface area contributed by atoms with Crippen LogP contribution >= 0.6 is 0 Å². The third kappa shape index (κ3) is 3.36. The van der Waals surface area contributed by atoms with Gasteiger partial charge in [-0.05, 0) is 18.4 Å². The summed E-state index contributed by atoms with van der Waals surface area (Å²) in [5, 5.41) is 0. The molecule has 3 rings (SSSR count). The number of hydrogen-bond acceptors (Lipinski definition) is 4. The molecule has 0 unspecified atom stereocenters. The number of nitrogens with zero attached hydrogens (tertiary/aromatic N) is 2. The highest BCUT2D eigenvalue weighted by Gasteiger charge is 2.35. The van der Waals surface area contributed by atoms with E-state index in [0.717, 1.165) is 5.56 Å². The number of oxazole rings is 1. The van der Waals surface area contributed by atoms with Crippen LogP contribution in [0.4, 0.5) is 0 Å². The van der Waals surface area contributed by atoms with Crippen LogP contribution in [0.3, 0.4) is 0 Å². The molecular formula is C19H24N2O3. The first-order valence-corrected chi connectivity index (χ1v) is 8.39. The van der Waals surface area contributed by atoms with E-state index in [2.05, 4.69) is 18.8 Å². The summed E-state index contributed by atoms with van der Waals surface area (Å²) < 4.78 is 11.8. The molecule has 2 atom stereocenters. The fourth-order valence-electron chi connectivity index (χ4n) is 3.05. The lowest BCUT2D eigenvalue weighted by Crippen LogP contribution is -2.48. The van der Waals surface area contributed by atoms with E-state index in [1.165, 1.54) is 0 Å². The minimum Gasteiger partial charge on any atom is -0.436 e. The summed E-state index contributed by atoms with van der Waals surface area (Å²) in [6, 6.07) is 10.1. The number of hydrogen-bond donors (Lipinski definition) is 0. The molecule has 5 nitrogen and oxygen atoms in total. The number of rotatable bonds is 3. The largest absolute Gasteiger partial charge is 0.436 e. The predicted molar refractivity (Wildman–Crippen MR) is 90.8 cm³/mol. The molecule has 1 aliphatic heterocycles. The summed E-state index contributed by atoms with van der Waals surface area (Å²) in [6.45, 7) is 8.88. The van der Waals surface area contributed by atoms with Crippen molar-refractivity contribution >= 4 is 5.91 Å². The van der Waals surface area contributed by atoms with Gasteiger partial charge in [0.1, 0.15) is 6.10 Å². The fourth-order valence-corrected chi connectivity index (χ4v) is 3.05. The molecule has 1 aliphatic rings. The van der Waals surface area contributed by atoms with E-state index < -0.39 is 0 Å². The normalized spacial score (nSPS) is 21.3. The first-order chi connectivity index (χ1) is 11.5. The zero-order valence-electron chi connectivity index (χ0n) is 14.7. The second-order valence-corrected chi connectivity index (χ2v) is 6.68. The molecule has 0 spiro atoms. The van der Waals surface area contributed by atoms with Crippen molar-refractivity contribution in [3.8, 4) is 0 Å². The lowest BCUT2D eigenvalue weighted by molar-refractivity contribution is -0.0959. The molecule has 2 aromatic rings. The molecule has 1 aromatic carbocycles. The van der Waals surface area contributed by atoms with Gasteiger partial charge in [0, 0.05) is 13.5 Å². The Morgan fingerprint density at radius 3 is 2.50 bits per heavy atom. The number of morpholine rings is 1. The minimum absolute atomic E-state index is 0.00256. The van der Waals surface area contributed by atoms with Crippen LogP contribution < -0.4 is 0 Å². The van der Waals surface area contributed by atoms with E-state index in [9.17, 15) is 4.79 Å². The van der Waals surface area contributed by atoms with Gasteiger partial charge in [-0.1, -0.05) is 44.2 Å². The highest BCUT2D eigenvalue weighted by molar-refractivity contribution is 5.92. The molecule has 1 aromatic heterocycles. The van der Waals surface area contributed by atoms with E-state index in [4.69, 9.17) is 9.15 Å². The van der Waals surface area contributed by atoms with Gasteiger partial charge in [0.2, 0.25) is 5.76 Å². The Hall–Kier alpha value is -2.14. The first-order valence-electron chi connectivity index (χ1n) is 8.39. The summed E-state index contributed by atoms with van der Waals surface area (Å²) in [5.74, 6) is 1.07. The monoisotopic (exact) mass is 328 g/mol. The summed E-state index contributed by atoms with van der Waals surface area (Å²) in [7, 11) is 0. The average Bonchev–Trinajstić information content (AvgIpc) is 2.93. The number of carbonyl (C=O) groups excluding carboxylic acids is 1. The van der Waals surface area contributed by atoms with Crippen LogP contribution in [0, 0.1) is 19.8 Å². The summed E-state index contributed by atoms with van der Waals surface area (Å²) in [4.78, 5) is 19.0. The topological polar surface area (TPSA) is 55.6 Å². The van der Waals surface area contributed by atoms with Gasteiger partial charge in [0.25, 0.3) is 5.91 Å². The van der Waals surface area contributed by atoms with Crippen molar-refractivity contribution in [2.75, 3.05) is 13.1 Å². The Morgan fingerprint density at radius 1 is 1.21 bits per heavy atom. The van der Waals surface area contributed by atoms with Gasteiger partial charge < -0.3 is 14.1 Å². The lowest BCUT2D eigenvalue weighted by Gasteiger charge is -2.39. The summed E-state index contributed by atoms with van der Waals surface area (Å²) in [6.07, 6.45) is -0.127. The zero-order chi connectivity index (χ0) is 17.3. The molecular weight excluding hydrogens is 304 g/mol. The van der Waals surface area contributed by atoms with Gasteiger partial charge >= 0.3 is 0 Å². The van der Waals surface area contributed by atoms with Gasteiger partial charge in [-0.3, -0.25) is 4.79 Å². The number of aromatic nitrogens is 1. The van der Waals surface area contributed by atoms with Crippen LogP contribution in [0.1, 0.15) is 47.7 Å². The molecule has 1 saturated heterocycles. The van der Waals surface area contributed by atoms with Crippen LogP contribution in [-0.4, -0.2) is 35.0 Å². The lowest BCUT2D eigenvalue weighted by atomic mass is 10.0. The Labute approximate surface area is 142 Å². The van der Waals surface area contributed by atoms with Gasteiger partial charge in [0.05, 0.1) is 18.3 Å². The van der Waals surface area contributed by atoms with E-state index in [1.807, 2.05) is 35.2 Å². The maximum atomic E-state index is 12.9. The molecule has 5 heteroatoms. The number of carbonyl (C=O) groups is 1. The SMILES string of the molecule is Cc1nc(C)c(C(=O)N2C[C@@H](c3ccccc3)O[C@@H](C(C)C)C2)o1. The van der Waals surface area contributed by atoms with Crippen molar-refractivity contribution in [2.24, 2.45) is 5.92 Å². The number of benzene rings is 1. The second kappa shape index (κ2) is 6.77. The minimum atomic E-state index is -0.124. The molecule has 0 bridgehead atoms.